The average Bonchev–Trinajstić information content (AvgIpc) is 2.68. The summed E-state index contributed by atoms with van der Waals surface area (Å²) in [6, 6.07) is 8.59. The first-order chi connectivity index (χ1) is 8.13. The summed E-state index contributed by atoms with van der Waals surface area (Å²) in [7, 11) is 1.97. The Morgan fingerprint density at radius 1 is 1.29 bits per heavy atom. The molecule has 90 valence electrons. The monoisotopic (exact) mass is 229 g/mol. The lowest BCUT2D eigenvalue weighted by atomic mass is 10.0. The van der Waals surface area contributed by atoms with Gasteiger partial charge in [0.2, 0.25) is 0 Å². The predicted molar refractivity (Wildman–Crippen MR) is 70.6 cm³/mol. The lowest BCUT2D eigenvalue weighted by Gasteiger charge is -2.10. The summed E-state index contributed by atoms with van der Waals surface area (Å²) in [5.41, 5.74) is 10.7. The van der Waals surface area contributed by atoms with Gasteiger partial charge in [0.15, 0.2) is 0 Å². The maximum absolute atomic E-state index is 6.01. The molecule has 3 nitrogen and oxygen atoms in total. The van der Waals surface area contributed by atoms with E-state index in [-0.39, 0.29) is 6.04 Å². The van der Waals surface area contributed by atoms with E-state index in [4.69, 9.17) is 5.73 Å². The summed E-state index contributed by atoms with van der Waals surface area (Å²) in [5.74, 6) is 0. The molecular formula is C14H19N3. The second-order valence-electron chi connectivity index (χ2n) is 4.44. The standard InChI is InChI=1S/C14H19N3/c1-4-13(15)11-5-7-12(8-6-11)14-10(2)9-16-17(14)3/h5-9,13H,4,15H2,1-3H3. The topological polar surface area (TPSA) is 43.8 Å². The molecule has 0 aliphatic carbocycles. The van der Waals surface area contributed by atoms with Crippen molar-refractivity contribution >= 4 is 0 Å². The Morgan fingerprint density at radius 2 is 1.94 bits per heavy atom. The molecule has 0 aliphatic rings. The maximum Gasteiger partial charge on any atom is 0.0708 e. The van der Waals surface area contributed by atoms with Gasteiger partial charge in [-0.3, -0.25) is 4.68 Å². The molecule has 1 aromatic carbocycles. The average molecular weight is 229 g/mol. The van der Waals surface area contributed by atoms with E-state index in [0.717, 1.165) is 6.42 Å². The van der Waals surface area contributed by atoms with E-state index in [1.54, 1.807) is 0 Å². The zero-order chi connectivity index (χ0) is 12.4. The number of hydrogen-bond acceptors (Lipinski definition) is 2. The van der Waals surface area contributed by atoms with Crippen LogP contribution in [-0.4, -0.2) is 9.78 Å². The van der Waals surface area contributed by atoms with Gasteiger partial charge in [-0.1, -0.05) is 31.2 Å². The summed E-state index contributed by atoms with van der Waals surface area (Å²) in [5, 5.41) is 4.26. The zero-order valence-corrected chi connectivity index (χ0v) is 10.6. The third kappa shape index (κ3) is 2.24. The van der Waals surface area contributed by atoms with Crippen LogP contribution >= 0.6 is 0 Å². The first kappa shape index (κ1) is 11.9. The van der Waals surface area contributed by atoms with E-state index >= 15 is 0 Å². The highest BCUT2D eigenvalue weighted by Crippen LogP contribution is 2.24. The quantitative estimate of drug-likeness (QED) is 0.879. The van der Waals surface area contributed by atoms with Crippen LogP contribution in [0.3, 0.4) is 0 Å². The van der Waals surface area contributed by atoms with Crippen LogP contribution in [0.25, 0.3) is 11.3 Å². The van der Waals surface area contributed by atoms with Crippen LogP contribution in [0.15, 0.2) is 30.5 Å². The molecule has 1 heterocycles. The molecule has 3 heteroatoms. The number of hydrogen-bond donors (Lipinski definition) is 1. The summed E-state index contributed by atoms with van der Waals surface area (Å²) in [6.45, 7) is 4.18. The third-order valence-corrected chi connectivity index (χ3v) is 3.17. The van der Waals surface area contributed by atoms with Gasteiger partial charge in [0, 0.05) is 18.7 Å². The van der Waals surface area contributed by atoms with Crippen molar-refractivity contribution in [3.63, 3.8) is 0 Å². The van der Waals surface area contributed by atoms with Gasteiger partial charge in [0.1, 0.15) is 0 Å². The number of aryl methyl sites for hydroxylation is 2. The minimum absolute atomic E-state index is 0.136. The minimum atomic E-state index is 0.136. The summed E-state index contributed by atoms with van der Waals surface area (Å²) < 4.78 is 1.91. The Bertz CT molecular complexity index is 477. The molecule has 1 unspecified atom stereocenters. The first-order valence-corrected chi connectivity index (χ1v) is 5.98. The fourth-order valence-corrected chi connectivity index (χ4v) is 2.09. The molecule has 0 spiro atoms. The molecule has 0 radical (unpaired) electrons. The third-order valence-electron chi connectivity index (χ3n) is 3.17. The lowest BCUT2D eigenvalue weighted by Crippen LogP contribution is -2.08. The Hall–Kier alpha value is -1.61. The highest BCUT2D eigenvalue weighted by atomic mass is 15.3. The lowest BCUT2D eigenvalue weighted by molar-refractivity contribution is 0.699. The van der Waals surface area contributed by atoms with Crippen LogP contribution in [0, 0.1) is 6.92 Å². The second kappa shape index (κ2) is 4.72. The SMILES string of the molecule is CCC(N)c1ccc(-c2c(C)cnn2C)cc1. The largest absolute Gasteiger partial charge is 0.324 e. The van der Waals surface area contributed by atoms with Crippen LogP contribution < -0.4 is 5.73 Å². The number of nitrogens with two attached hydrogens (primary N) is 1. The Kier molecular flexibility index (Phi) is 3.29. The normalized spacial score (nSPS) is 12.7. The second-order valence-corrected chi connectivity index (χ2v) is 4.44. The van der Waals surface area contributed by atoms with E-state index < -0.39 is 0 Å². The fraction of sp³-hybridized carbons (Fsp3) is 0.357. The van der Waals surface area contributed by atoms with E-state index in [2.05, 4.69) is 43.2 Å². The van der Waals surface area contributed by atoms with Crippen LogP contribution in [-0.2, 0) is 7.05 Å². The van der Waals surface area contributed by atoms with Crippen LogP contribution in [0.2, 0.25) is 0 Å². The zero-order valence-electron chi connectivity index (χ0n) is 10.6. The number of rotatable bonds is 3. The molecule has 0 fully saturated rings. The van der Waals surface area contributed by atoms with Gasteiger partial charge in [0.25, 0.3) is 0 Å². The van der Waals surface area contributed by atoms with Crippen LogP contribution in [0.1, 0.15) is 30.5 Å². The minimum Gasteiger partial charge on any atom is -0.324 e. The predicted octanol–water partition coefficient (Wildman–Crippen LogP) is 2.81. The van der Waals surface area contributed by atoms with E-state index in [0.29, 0.717) is 0 Å². The molecule has 17 heavy (non-hydrogen) atoms. The van der Waals surface area contributed by atoms with E-state index in [1.165, 1.54) is 22.4 Å². The summed E-state index contributed by atoms with van der Waals surface area (Å²) in [4.78, 5) is 0. The Labute approximate surface area is 102 Å². The van der Waals surface area contributed by atoms with Gasteiger partial charge < -0.3 is 5.73 Å². The van der Waals surface area contributed by atoms with Crippen molar-refractivity contribution in [2.75, 3.05) is 0 Å². The van der Waals surface area contributed by atoms with Gasteiger partial charge in [-0.15, -0.1) is 0 Å². The van der Waals surface area contributed by atoms with Crippen molar-refractivity contribution in [3.05, 3.63) is 41.6 Å². The molecule has 1 atom stereocenters. The van der Waals surface area contributed by atoms with Crippen molar-refractivity contribution in [3.8, 4) is 11.3 Å². The molecular weight excluding hydrogens is 210 g/mol. The van der Waals surface area contributed by atoms with Crippen molar-refractivity contribution in [2.45, 2.75) is 26.3 Å². The molecule has 0 saturated carbocycles. The van der Waals surface area contributed by atoms with E-state index in [1.807, 2.05) is 17.9 Å². The number of aromatic nitrogens is 2. The van der Waals surface area contributed by atoms with Gasteiger partial charge in [-0.2, -0.15) is 5.10 Å². The van der Waals surface area contributed by atoms with Crippen LogP contribution in [0.4, 0.5) is 0 Å². The van der Waals surface area contributed by atoms with Crippen molar-refractivity contribution in [1.82, 2.24) is 9.78 Å². The van der Waals surface area contributed by atoms with E-state index in [9.17, 15) is 0 Å². The molecule has 0 aliphatic heterocycles. The molecule has 1 aromatic heterocycles. The number of benzene rings is 1. The molecule has 2 rings (SSSR count). The molecule has 2 aromatic rings. The van der Waals surface area contributed by atoms with Crippen molar-refractivity contribution < 1.29 is 0 Å². The Morgan fingerprint density at radius 3 is 2.41 bits per heavy atom. The summed E-state index contributed by atoms with van der Waals surface area (Å²) in [6.07, 6.45) is 2.85. The van der Waals surface area contributed by atoms with Crippen LogP contribution in [0.5, 0.6) is 0 Å². The molecule has 0 saturated heterocycles. The molecule has 0 amide bonds. The van der Waals surface area contributed by atoms with Gasteiger partial charge in [-0.25, -0.2) is 0 Å². The first-order valence-electron chi connectivity index (χ1n) is 5.98. The van der Waals surface area contributed by atoms with Gasteiger partial charge in [0.05, 0.1) is 11.9 Å². The molecule has 0 bridgehead atoms. The number of nitrogens with zero attached hydrogens (tertiary/aromatic N) is 2. The van der Waals surface area contributed by atoms with Crippen molar-refractivity contribution in [1.29, 1.82) is 0 Å². The van der Waals surface area contributed by atoms with Gasteiger partial charge in [-0.05, 0) is 24.5 Å². The highest BCUT2D eigenvalue weighted by Gasteiger charge is 2.08. The smallest absolute Gasteiger partial charge is 0.0708 e. The summed E-state index contributed by atoms with van der Waals surface area (Å²) >= 11 is 0. The van der Waals surface area contributed by atoms with Gasteiger partial charge >= 0.3 is 0 Å². The Balaban J connectivity index is 2.36. The highest BCUT2D eigenvalue weighted by molar-refractivity contribution is 5.63. The fourth-order valence-electron chi connectivity index (χ4n) is 2.09. The maximum atomic E-state index is 6.01. The molecule has 2 N–H and O–H groups in total. The van der Waals surface area contributed by atoms with Crippen molar-refractivity contribution in [2.24, 2.45) is 12.8 Å².